The topological polar surface area (TPSA) is 202 Å². The van der Waals surface area contributed by atoms with Crippen LogP contribution >= 0.6 is 0 Å². The van der Waals surface area contributed by atoms with Crippen LogP contribution in [0.1, 0.15) is 69.3 Å². The number of hydrogen-bond acceptors (Lipinski definition) is 14. The lowest BCUT2D eigenvalue weighted by Gasteiger charge is -2.21. The SMILES string of the molecule is CCOc1nc2nc(n1)NC1(CC1)c1ccc(cc1)OCCOCCOCCOc1cc(ccc1C(=O)N[C@@H](CCC(=O)OC(C)(C)C)C(=O)O)N2. The van der Waals surface area contributed by atoms with Crippen LogP contribution in [0.5, 0.6) is 17.5 Å². The maximum absolute atomic E-state index is 13.5. The molecular formula is C36H46N6O10. The first-order chi connectivity index (χ1) is 24.9. The number of hydrogen-bond donors (Lipinski definition) is 4. The lowest BCUT2D eigenvalue weighted by atomic mass is 10.1. The minimum atomic E-state index is -1.36. The lowest BCUT2D eigenvalue weighted by molar-refractivity contribution is -0.155. The summed E-state index contributed by atoms with van der Waals surface area (Å²) >= 11 is 0. The highest BCUT2D eigenvalue weighted by Gasteiger charge is 2.45. The number of nitrogens with one attached hydrogen (secondary N) is 3. The predicted molar refractivity (Wildman–Crippen MR) is 188 cm³/mol. The number of anilines is 3. The molecule has 1 aliphatic carbocycles. The molecule has 52 heavy (non-hydrogen) atoms. The van der Waals surface area contributed by atoms with Gasteiger partial charge in [-0.1, -0.05) is 12.1 Å². The Morgan fingerprint density at radius 3 is 2.25 bits per heavy atom. The van der Waals surface area contributed by atoms with Crippen molar-refractivity contribution >= 4 is 35.4 Å². The number of esters is 1. The minimum Gasteiger partial charge on any atom is -0.491 e. The van der Waals surface area contributed by atoms with Gasteiger partial charge in [-0.05, 0) is 76.8 Å². The zero-order chi connectivity index (χ0) is 37.1. The van der Waals surface area contributed by atoms with Crippen LogP contribution in [0.4, 0.5) is 17.6 Å². The molecule has 0 radical (unpaired) electrons. The number of aromatic nitrogens is 3. The van der Waals surface area contributed by atoms with E-state index in [9.17, 15) is 19.5 Å². The van der Waals surface area contributed by atoms with Gasteiger partial charge in [-0.15, -0.1) is 0 Å². The summed E-state index contributed by atoms with van der Waals surface area (Å²) in [7, 11) is 0. The molecule has 1 saturated carbocycles. The normalized spacial score (nSPS) is 16.5. The maximum atomic E-state index is 13.5. The smallest absolute Gasteiger partial charge is 0.326 e. The van der Waals surface area contributed by atoms with Crippen molar-refractivity contribution in [3.63, 3.8) is 0 Å². The molecule has 3 aliphatic rings. The summed E-state index contributed by atoms with van der Waals surface area (Å²) in [5.74, 6) is -1.21. The van der Waals surface area contributed by atoms with E-state index in [0.717, 1.165) is 24.2 Å². The van der Waals surface area contributed by atoms with Crippen molar-refractivity contribution in [2.75, 3.05) is 56.9 Å². The summed E-state index contributed by atoms with van der Waals surface area (Å²) in [5, 5.41) is 18.9. The number of ether oxygens (including phenoxy) is 6. The quantitative estimate of drug-likeness (QED) is 0.190. The summed E-state index contributed by atoms with van der Waals surface area (Å²) in [6.07, 6.45) is 1.37. The molecule has 280 valence electrons. The number of amides is 1. The van der Waals surface area contributed by atoms with E-state index in [1.54, 1.807) is 32.9 Å². The van der Waals surface area contributed by atoms with Crippen molar-refractivity contribution in [3.05, 3.63) is 53.6 Å². The monoisotopic (exact) mass is 722 g/mol. The first-order valence-corrected chi connectivity index (χ1v) is 17.3. The molecule has 1 atom stereocenters. The van der Waals surface area contributed by atoms with Crippen LogP contribution in [0.2, 0.25) is 0 Å². The van der Waals surface area contributed by atoms with Gasteiger partial charge in [-0.3, -0.25) is 9.59 Å². The van der Waals surface area contributed by atoms with Crippen molar-refractivity contribution in [2.45, 2.75) is 70.6 Å². The number of fused-ring (bicyclic) bond motifs is 11. The zero-order valence-electron chi connectivity index (χ0n) is 29.9. The summed E-state index contributed by atoms with van der Waals surface area (Å²) in [6.45, 7) is 8.97. The largest absolute Gasteiger partial charge is 0.491 e. The van der Waals surface area contributed by atoms with Gasteiger partial charge in [-0.25, -0.2) is 4.79 Å². The van der Waals surface area contributed by atoms with Gasteiger partial charge < -0.3 is 49.5 Å². The first-order valence-electron chi connectivity index (χ1n) is 17.3. The van der Waals surface area contributed by atoms with E-state index in [0.29, 0.717) is 44.7 Å². The van der Waals surface area contributed by atoms with Crippen molar-refractivity contribution in [3.8, 4) is 17.5 Å². The van der Waals surface area contributed by atoms with Crippen LogP contribution in [0.15, 0.2) is 42.5 Å². The summed E-state index contributed by atoms with van der Waals surface area (Å²) in [5.41, 5.74) is 0.503. The molecule has 6 rings (SSSR count). The van der Waals surface area contributed by atoms with E-state index in [1.807, 2.05) is 31.2 Å². The fourth-order valence-electron chi connectivity index (χ4n) is 5.29. The summed E-state index contributed by atoms with van der Waals surface area (Å²) < 4.78 is 34.0. The molecule has 1 spiro atoms. The molecule has 1 aromatic heterocycles. The maximum Gasteiger partial charge on any atom is 0.326 e. The third kappa shape index (κ3) is 11.1. The van der Waals surface area contributed by atoms with Crippen LogP contribution in [-0.2, 0) is 29.3 Å². The van der Waals surface area contributed by atoms with E-state index in [4.69, 9.17) is 28.4 Å². The molecule has 1 fully saturated rings. The van der Waals surface area contributed by atoms with Gasteiger partial charge >= 0.3 is 17.9 Å². The molecule has 4 N–H and O–H groups in total. The molecule has 1 amide bonds. The predicted octanol–water partition coefficient (Wildman–Crippen LogP) is 4.22. The van der Waals surface area contributed by atoms with Crippen molar-refractivity contribution in [2.24, 2.45) is 0 Å². The van der Waals surface area contributed by atoms with Gasteiger partial charge in [0.2, 0.25) is 11.9 Å². The highest BCUT2D eigenvalue weighted by Crippen LogP contribution is 2.48. The van der Waals surface area contributed by atoms with Crippen molar-refractivity contribution in [1.82, 2.24) is 20.3 Å². The van der Waals surface area contributed by atoms with Gasteiger partial charge in [0.15, 0.2) is 0 Å². The molecular weight excluding hydrogens is 676 g/mol. The standard InChI is InChI=1S/C36H46N6O10/c1-5-49-34-40-32-37-24-8-11-26(30(44)38-27(31(45)46)12-13-29(43)52-35(2,3)4)28(22-24)51-21-19-48-17-16-47-18-20-50-25-9-6-23(7-10-25)36(14-15-36)42-33(39-32)41-34/h6-11,22,27H,5,12-21H2,1-4H3,(H,38,44)(H,45,46)(H2,37,39,40,41,42)/t27-/m0/s1. The van der Waals surface area contributed by atoms with Crippen LogP contribution in [0, 0.1) is 0 Å². The average Bonchev–Trinajstić information content (AvgIpc) is 3.86. The second-order valence-electron chi connectivity index (χ2n) is 13.2. The number of aliphatic carboxylic acids is 1. The Morgan fingerprint density at radius 2 is 1.60 bits per heavy atom. The second kappa shape index (κ2) is 17.3. The van der Waals surface area contributed by atoms with Gasteiger partial charge in [0.1, 0.15) is 36.4 Å². The Bertz CT molecular complexity index is 1690. The van der Waals surface area contributed by atoms with Crippen LogP contribution in [0.25, 0.3) is 0 Å². The van der Waals surface area contributed by atoms with E-state index in [-0.39, 0.29) is 54.9 Å². The molecule has 16 heteroatoms. The third-order valence-electron chi connectivity index (χ3n) is 7.89. The molecule has 0 saturated heterocycles. The summed E-state index contributed by atoms with van der Waals surface area (Å²) in [6, 6.07) is 11.3. The van der Waals surface area contributed by atoms with E-state index >= 15 is 0 Å². The highest BCUT2D eigenvalue weighted by molar-refractivity contribution is 5.99. The van der Waals surface area contributed by atoms with Crippen LogP contribution in [-0.4, -0.2) is 95.8 Å². The second-order valence-corrected chi connectivity index (χ2v) is 13.2. The molecule has 3 aromatic rings. The zero-order valence-corrected chi connectivity index (χ0v) is 29.9. The van der Waals surface area contributed by atoms with Gasteiger partial charge in [0.25, 0.3) is 5.91 Å². The molecule has 0 unspecified atom stereocenters. The Balaban J connectivity index is 1.39. The number of nitrogens with zero attached hydrogens (tertiary/aromatic N) is 3. The molecule has 2 aromatic carbocycles. The number of carboxylic acids is 1. The molecule has 2 aliphatic heterocycles. The van der Waals surface area contributed by atoms with E-state index in [2.05, 4.69) is 30.9 Å². The minimum absolute atomic E-state index is 0.0671. The van der Waals surface area contributed by atoms with Crippen molar-refractivity contribution < 1.29 is 47.9 Å². The van der Waals surface area contributed by atoms with Crippen LogP contribution in [0.3, 0.4) is 0 Å². The summed E-state index contributed by atoms with van der Waals surface area (Å²) in [4.78, 5) is 51.3. The first kappa shape index (κ1) is 38.0. The van der Waals surface area contributed by atoms with Gasteiger partial charge in [0, 0.05) is 18.2 Å². The fourth-order valence-corrected chi connectivity index (χ4v) is 5.29. The van der Waals surface area contributed by atoms with E-state index in [1.165, 1.54) is 6.07 Å². The highest BCUT2D eigenvalue weighted by atomic mass is 16.6. The number of carbonyl (C=O) groups is 3. The Hall–Kier alpha value is -5.22. The molecule has 16 nitrogen and oxygen atoms in total. The molecule has 6 bridgehead atoms. The Morgan fingerprint density at radius 1 is 0.923 bits per heavy atom. The number of benzene rings is 2. The Kier molecular flexibility index (Phi) is 12.7. The average molecular weight is 723 g/mol. The molecule has 3 heterocycles. The lowest BCUT2D eigenvalue weighted by Crippen LogP contribution is -2.41. The van der Waals surface area contributed by atoms with Crippen LogP contribution < -0.4 is 30.2 Å². The number of carbonyl (C=O) groups excluding carboxylic acids is 2. The third-order valence-corrected chi connectivity index (χ3v) is 7.89. The number of rotatable bonds is 8. The van der Waals surface area contributed by atoms with Gasteiger partial charge in [0.05, 0.1) is 44.1 Å². The van der Waals surface area contributed by atoms with E-state index < -0.39 is 29.5 Å². The van der Waals surface area contributed by atoms with Crippen molar-refractivity contribution in [1.29, 1.82) is 0 Å². The number of carboxylic acid groups (broad SMARTS) is 1. The van der Waals surface area contributed by atoms with Gasteiger partial charge in [-0.2, -0.15) is 15.0 Å². The Labute approximate surface area is 301 Å². The fraction of sp³-hybridized carbons (Fsp3) is 0.500.